The van der Waals surface area contributed by atoms with E-state index in [2.05, 4.69) is 20.8 Å². The number of guanidine groups is 1. The summed E-state index contributed by atoms with van der Waals surface area (Å²) in [4.78, 5) is 4.33. The molecule has 0 aliphatic heterocycles. The van der Waals surface area contributed by atoms with Crippen LogP contribution in [-0.2, 0) is 11.3 Å². The minimum absolute atomic E-state index is 0.617. The first-order valence-electron chi connectivity index (χ1n) is 6.08. The number of aromatic nitrogens is 2. The molecule has 0 aliphatic rings. The van der Waals surface area contributed by atoms with Crippen LogP contribution in [0.1, 0.15) is 12.8 Å². The number of ether oxygens (including phenoxy) is 1. The second-order valence-corrected chi connectivity index (χ2v) is 3.77. The Bertz CT molecular complexity index is 324. The minimum atomic E-state index is 0.617. The summed E-state index contributed by atoms with van der Waals surface area (Å²) in [6.07, 6.45) is 5.55. The van der Waals surface area contributed by atoms with Gasteiger partial charge in [0.15, 0.2) is 0 Å². The van der Waals surface area contributed by atoms with Gasteiger partial charge in [-0.15, -0.1) is 0 Å². The van der Waals surface area contributed by atoms with Crippen molar-refractivity contribution in [3.63, 3.8) is 0 Å². The Kier molecular flexibility index (Phi) is 7.58. The monoisotopic (exact) mass is 254 g/mol. The van der Waals surface area contributed by atoms with E-state index in [4.69, 9.17) is 10.6 Å². The molecule has 0 radical (unpaired) electrons. The lowest BCUT2D eigenvalue weighted by molar-refractivity contribution is 0.195. The van der Waals surface area contributed by atoms with E-state index in [9.17, 15) is 0 Å². The van der Waals surface area contributed by atoms with Crippen molar-refractivity contribution in [3.8, 4) is 0 Å². The first-order valence-corrected chi connectivity index (χ1v) is 6.08. The van der Waals surface area contributed by atoms with Gasteiger partial charge in [0.05, 0.1) is 0 Å². The highest BCUT2D eigenvalue weighted by molar-refractivity contribution is 5.79. The third kappa shape index (κ3) is 6.21. The number of nitrogens with zero attached hydrogens (tertiary/aromatic N) is 3. The van der Waals surface area contributed by atoms with Crippen molar-refractivity contribution in [2.24, 2.45) is 10.8 Å². The lowest BCUT2D eigenvalue weighted by Crippen LogP contribution is -2.42. The van der Waals surface area contributed by atoms with E-state index < -0.39 is 0 Å². The Morgan fingerprint density at radius 2 is 2.39 bits per heavy atom. The first kappa shape index (κ1) is 14.5. The van der Waals surface area contributed by atoms with Gasteiger partial charge in [0, 0.05) is 45.7 Å². The molecule has 0 saturated carbocycles. The lowest BCUT2D eigenvalue weighted by Gasteiger charge is -2.08. The maximum atomic E-state index is 5.37. The molecule has 7 nitrogen and oxygen atoms in total. The van der Waals surface area contributed by atoms with E-state index in [0.717, 1.165) is 32.5 Å². The van der Waals surface area contributed by atoms with Crippen molar-refractivity contribution in [2.45, 2.75) is 19.4 Å². The maximum absolute atomic E-state index is 5.37. The molecule has 1 aromatic heterocycles. The molecule has 0 atom stereocenters. The molecule has 4 N–H and O–H groups in total. The Morgan fingerprint density at radius 1 is 1.50 bits per heavy atom. The Morgan fingerprint density at radius 3 is 3.06 bits per heavy atom. The molecular formula is C11H22N6O. The van der Waals surface area contributed by atoms with Crippen LogP contribution in [0.2, 0.25) is 0 Å². The highest BCUT2D eigenvalue weighted by atomic mass is 16.5. The van der Waals surface area contributed by atoms with Gasteiger partial charge < -0.3 is 10.1 Å². The normalized spacial score (nSPS) is 11.6. The van der Waals surface area contributed by atoms with Gasteiger partial charge in [0.25, 0.3) is 0 Å². The van der Waals surface area contributed by atoms with Gasteiger partial charge >= 0.3 is 0 Å². The molecule has 1 rings (SSSR count). The first-order chi connectivity index (χ1) is 8.86. The van der Waals surface area contributed by atoms with E-state index in [1.165, 1.54) is 0 Å². The number of aryl methyl sites for hydroxylation is 1. The van der Waals surface area contributed by atoms with Gasteiger partial charge in [0.2, 0.25) is 5.96 Å². The summed E-state index contributed by atoms with van der Waals surface area (Å²) >= 11 is 0. The molecule has 102 valence electrons. The van der Waals surface area contributed by atoms with Crippen molar-refractivity contribution >= 4 is 5.96 Å². The van der Waals surface area contributed by atoms with E-state index in [1.54, 1.807) is 13.3 Å². The fraction of sp³-hybridized carbons (Fsp3) is 0.636. The second kappa shape index (κ2) is 9.43. The third-order valence-corrected chi connectivity index (χ3v) is 2.33. The van der Waals surface area contributed by atoms with Gasteiger partial charge in [-0.05, 0) is 18.9 Å². The zero-order valence-corrected chi connectivity index (χ0v) is 10.8. The minimum Gasteiger partial charge on any atom is -0.385 e. The van der Waals surface area contributed by atoms with Crippen molar-refractivity contribution in [2.75, 3.05) is 26.8 Å². The number of rotatable bonds is 8. The van der Waals surface area contributed by atoms with Gasteiger partial charge in [-0.2, -0.15) is 5.10 Å². The quantitative estimate of drug-likeness (QED) is 0.195. The maximum Gasteiger partial charge on any atom is 0.205 e. The van der Waals surface area contributed by atoms with Gasteiger partial charge in [-0.25, -0.2) is 5.84 Å². The molecule has 0 amide bonds. The largest absolute Gasteiger partial charge is 0.385 e. The number of hydrazine groups is 1. The lowest BCUT2D eigenvalue weighted by atomic mass is 10.4. The predicted octanol–water partition coefficient (Wildman–Crippen LogP) is -0.281. The molecule has 7 heteroatoms. The summed E-state index contributed by atoms with van der Waals surface area (Å²) < 4.78 is 6.84. The highest BCUT2D eigenvalue weighted by Gasteiger charge is 1.95. The number of nitrogens with two attached hydrogens (primary N) is 1. The molecule has 0 bridgehead atoms. The SMILES string of the molecule is COCCCNC(=NCCCn1cccn1)NN. The number of hydrogen-bond acceptors (Lipinski definition) is 4. The van der Waals surface area contributed by atoms with E-state index in [0.29, 0.717) is 12.5 Å². The molecule has 1 heterocycles. The fourth-order valence-electron chi connectivity index (χ4n) is 1.43. The summed E-state index contributed by atoms with van der Waals surface area (Å²) in [6, 6.07) is 1.91. The molecular weight excluding hydrogens is 232 g/mol. The van der Waals surface area contributed by atoms with Crippen LogP contribution >= 0.6 is 0 Å². The third-order valence-electron chi connectivity index (χ3n) is 2.33. The smallest absolute Gasteiger partial charge is 0.205 e. The summed E-state index contributed by atoms with van der Waals surface area (Å²) in [6.45, 7) is 3.08. The highest BCUT2D eigenvalue weighted by Crippen LogP contribution is 1.90. The van der Waals surface area contributed by atoms with Crippen molar-refractivity contribution in [1.82, 2.24) is 20.5 Å². The Hall–Kier alpha value is -1.60. The van der Waals surface area contributed by atoms with Crippen molar-refractivity contribution in [1.29, 1.82) is 0 Å². The molecule has 0 spiro atoms. The molecule has 0 aliphatic carbocycles. The summed E-state index contributed by atoms with van der Waals surface area (Å²) in [5, 5.41) is 7.23. The van der Waals surface area contributed by atoms with Crippen LogP contribution in [0.3, 0.4) is 0 Å². The van der Waals surface area contributed by atoms with E-state index in [-0.39, 0.29) is 0 Å². The zero-order chi connectivity index (χ0) is 13.1. The van der Waals surface area contributed by atoms with Gasteiger partial charge in [-0.3, -0.25) is 15.1 Å². The van der Waals surface area contributed by atoms with Crippen LogP contribution in [0.4, 0.5) is 0 Å². The second-order valence-electron chi connectivity index (χ2n) is 3.77. The molecule has 1 aromatic rings. The van der Waals surface area contributed by atoms with Crippen LogP contribution in [-0.4, -0.2) is 42.5 Å². The fourth-order valence-corrected chi connectivity index (χ4v) is 1.43. The predicted molar refractivity (Wildman–Crippen MR) is 71.0 cm³/mol. The van der Waals surface area contributed by atoms with Crippen molar-refractivity contribution in [3.05, 3.63) is 18.5 Å². The van der Waals surface area contributed by atoms with E-state index >= 15 is 0 Å². The van der Waals surface area contributed by atoms with Crippen molar-refractivity contribution < 1.29 is 4.74 Å². The summed E-state index contributed by atoms with van der Waals surface area (Å²) in [5.41, 5.74) is 2.55. The Balaban J connectivity index is 2.13. The van der Waals surface area contributed by atoms with Crippen LogP contribution in [0.15, 0.2) is 23.5 Å². The van der Waals surface area contributed by atoms with Crippen LogP contribution in [0.25, 0.3) is 0 Å². The van der Waals surface area contributed by atoms with Crippen LogP contribution in [0, 0.1) is 0 Å². The molecule has 0 fully saturated rings. The number of nitrogens with one attached hydrogen (secondary N) is 2. The number of hydrogen-bond donors (Lipinski definition) is 3. The van der Waals surface area contributed by atoms with E-state index in [1.807, 2.05) is 16.9 Å². The average molecular weight is 254 g/mol. The number of methoxy groups -OCH3 is 1. The van der Waals surface area contributed by atoms with Crippen LogP contribution in [0.5, 0.6) is 0 Å². The number of aliphatic imine (C=N–C) groups is 1. The zero-order valence-electron chi connectivity index (χ0n) is 10.8. The molecule has 0 unspecified atom stereocenters. The van der Waals surface area contributed by atoms with Crippen LogP contribution < -0.4 is 16.6 Å². The summed E-state index contributed by atoms with van der Waals surface area (Å²) in [7, 11) is 1.69. The molecule has 18 heavy (non-hydrogen) atoms. The standard InChI is InChI=1S/C11H22N6O/c1-18-10-4-6-14-11(16-12)13-5-2-8-17-9-3-7-15-17/h3,7,9H,2,4-6,8,10,12H2,1H3,(H2,13,14,16). The molecule has 0 aromatic carbocycles. The average Bonchev–Trinajstić information content (AvgIpc) is 2.90. The van der Waals surface area contributed by atoms with Gasteiger partial charge in [-0.1, -0.05) is 0 Å². The summed E-state index contributed by atoms with van der Waals surface area (Å²) in [5.74, 6) is 5.99. The Labute approximate surface area is 107 Å². The topological polar surface area (TPSA) is 89.5 Å². The molecule has 0 saturated heterocycles. The van der Waals surface area contributed by atoms with Gasteiger partial charge in [0.1, 0.15) is 0 Å².